The van der Waals surface area contributed by atoms with Gasteiger partial charge in [-0.25, -0.2) is 0 Å². The number of hydrogen-bond donors (Lipinski definition) is 0. The first-order valence-corrected chi connectivity index (χ1v) is 8.71. The van der Waals surface area contributed by atoms with Gasteiger partial charge in [0, 0.05) is 37.1 Å². The van der Waals surface area contributed by atoms with Gasteiger partial charge in [-0.2, -0.15) is 0 Å². The van der Waals surface area contributed by atoms with Crippen molar-refractivity contribution < 1.29 is 14.3 Å². The molecule has 1 aromatic heterocycles. The number of methoxy groups -OCH3 is 1. The number of hydrogen-bond acceptors (Lipinski definition) is 4. The summed E-state index contributed by atoms with van der Waals surface area (Å²) in [7, 11) is 1.61. The minimum absolute atomic E-state index is 0.00378. The summed E-state index contributed by atoms with van der Waals surface area (Å²) in [5, 5.41) is 0. The molecule has 3 rings (SSSR count). The van der Waals surface area contributed by atoms with Crippen LogP contribution in [0.15, 0.2) is 48.8 Å². The van der Waals surface area contributed by atoms with Gasteiger partial charge in [0.05, 0.1) is 7.11 Å². The van der Waals surface area contributed by atoms with Gasteiger partial charge in [-0.05, 0) is 49.2 Å². The fourth-order valence-electron chi connectivity index (χ4n) is 3.14. The van der Waals surface area contributed by atoms with Crippen molar-refractivity contribution in [2.45, 2.75) is 25.8 Å². The van der Waals surface area contributed by atoms with Crippen molar-refractivity contribution >= 4 is 17.5 Å². The summed E-state index contributed by atoms with van der Waals surface area (Å²) in [6.07, 6.45) is 4.49. The fraction of sp³-hybridized carbons (Fsp3) is 0.350. The Labute approximate surface area is 153 Å². The number of amides is 2. The Morgan fingerprint density at radius 1 is 1.27 bits per heavy atom. The third-order valence-corrected chi connectivity index (χ3v) is 4.64. The molecule has 6 heteroatoms. The number of benzene rings is 1. The monoisotopic (exact) mass is 353 g/mol. The van der Waals surface area contributed by atoms with Crippen LogP contribution in [0.3, 0.4) is 0 Å². The van der Waals surface area contributed by atoms with E-state index in [9.17, 15) is 9.59 Å². The number of pyridine rings is 1. The van der Waals surface area contributed by atoms with E-state index in [0.717, 1.165) is 17.0 Å². The number of aryl methyl sites for hydroxylation is 1. The van der Waals surface area contributed by atoms with Gasteiger partial charge in [0.2, 0.25) is 11.8 Å². The summed E-state index contributed by atoms with van der Waals surface area (Å²) in [6.45, 7) is 2.58. The lowest BCUT2D eigenvalue weighted by molar-refractivity contribution is -0.139. The number of anilines is 1. The molecule has 0 spiro atoms. The van der Waals surface area contributed by atoms with Crippen LogP contribution in [-0.2, 0) is 16.0 Å². The smallest absolute Gasteiger partial charge is 0.246 e. The lowest BCUT2D eigenvalue weighted by atomic mass is 10.1. The van der Waals surface area contributed by atoms with Crippen LogP contribution >= 0.6 is 0 Å². The zero-order valence-electron chi connectivity index (χ0n) is 15.1. The molecular weight excluding hydrogens is 330 g/mol. The minimum atomic E-state index is -0.0667. The van der Waals surface area contributed by atoms with Gasteiger partial charge in [0.25, 0.3) is 0 Å². The molecule has 0 aliphatic carbocycles. The quantitative estimate of drug-likeness (QED) is 0.827. The molecule has 0 radical (unpaired) electrons. The topological polar surface area (TPSA) is 62.7 Å². The van der Waals surface area contributed by atoms with E-state index in [-0.39, 0.29) is 24.4 Å². The van der Waals surface area contributed by atoms with E-state index in [1.165, 1.54) is 0 Å². The number of ether oxygens (including phenoxy) is 1. The van der Waals surface area contributed by atoms with E-state index in [0.29, 0.717) is 19.4 Å². The van der Waals surface area contributed by atoms with Crippen LogP contribution in [0.1, 0.15) is 18.9 Å². The van der Waals surface area contributed by atoms with Gasteiger partial charge in [-0.3, -0.25) is 14.6 Å². The lowest BCUT2D eigenvalue weighted by Gasteiger charge is -2.39. The van der Waals surface area contributed by atoms with Gasteiger partial charge in [0.15, 0.2) is 0 Å². The minimum Gasteiger partial charge on any atom is -0.497 e. The second-order valence-corrected chi connectivity index (χ2v) is 6.43. The van der Waals surface area contributed by atoms with Crippen molar-refractivity contribution in [2.75, 3.05) is 25.1 Å². The van der Waals surface area contributed by atoms with Crippen LogP contribution in [0.25, 0.3) is 0 Å². The zero-order chi connectivity index (χ0) is 18.5. The van der Waals surface area contributed by atoms with Gasteiger partial charge < -0.3 is 14.5 Å². The normalized spacial score (nSPS) is 17.3. The summed E-state index contributed by atoms with van der Waals surface area (Å²) < 4.78 is 5.16. The van der Waals surface area contributed by atoms with Crippen LogP contribution < -0.4 is 9.64 Å². The van der Waals surface area contributed by atoms with Gasteiger partial charge >= 0.3 is 0 Å². The average molecular weight is 353 g/mol. The highest BCUT2D eigenvalue weighted by Crippen LogP contribution is 2.23. The second-order valence-electron chi connectivity index (χ2n) is 6.43. The third-order valence-electron chi connectivity index (χ3n) is 4.64. The Kier molecular flexibility index (Phi) is 5.51. The summed E-state index contributed by atoms with van der Waals surface area (Å²) >= 11 is 0. The molecule has 1 aliphatic heterocycles. The molecule has 1 atom stereocenters. The van der Waals surface area contributed by atoms with Crippen LogP contribution in [0.4, 0.5) is 5.69 Å². The maximum absolute atomic E-state index is 12.6. The Balaban J connectivity index is 1.62. The molecule has 1 fully saturated rings. The molecule has 6 nitrogen and oxygen atoms in total. The molecular formula is C20H23N3O3. The standard InChI is InChI=1S/C20H23N3O3/c1-15-13-23(17-6-8-18(26-2)9-7-17)20(25)14-22(15)19(24)10-5-16-4-3-11-21-12-16/h3-4,6-9,11-12,15H,5,10,13-14H2,1-2H3/t15-/m1/s1. The molecule has 0 unspecified atom stereocenters. The van der Waals surface area contributed by atoms with Crippen molar-refractivity contribution in [1.82, 2.24) is 9.88 Å². The van der Waals surface area contributed by atoms with E-state index < -0.39 is 0 Å². The van der Waals surface area contributed by atoms with E-state index in [1.54, 1.807) is 29.3 Å². The Morgan fingerprint density at radius 3 is 2.69 bits per heavy atom. The Bertz CT molecular complexity index is 762. The summed E-state index contributed by atoms with van der Waals surface area (Å²) in [4.78, 5) is 32.6. The molecule has 0 bridgehead atoms. The van der Waals surface area contributed by atoms with Gasteiger partial charge in [-0.15, -0.1) is 0 Å². The predicted octanol–water partition coefficient (Wildman–Crippen LogP) is 2.29. The van der Waals surface area contributed by atoms with E-state index in [1.807, 2.05) is 43.3 Å². The summed E-state index contributed by atoms with van der Waals surface area (Å²) in [6, 6.07) is 11.2. The highest BCUT2D eigenvalue weighted by Gasteiger charge is 2.32. The maximum atomic E-state index is 12.6. The number of nitrogens with zero attached hydrogens (tertiary/aromatic N) is 3. The largest absolute Gasteiger partial charge is 0.497 e. The van der Waals surface area contributed by atoms with Crippen LogP contribution in [0.5, 0.6) is 5.75 Å². The van der Waals surface area contributed by atoms with E-state index in [4.69, 9.17) is 4.74 Å². The zero-order valence-corrected chi connectivity index (χ0v) is 15.1. The van der Waals surface area contributed by atoms with E-state index >= 15 is 0 Å². The van der Waals surface area contributed by atoms with Gasteiger partial charge in [-0.1, -0.05) is 6.07 Å². The molecule has 1 saturated heterocycles. The van der Waals surface area contributed by atoms with Crippen molar-refractivity contribution in [3.8, 4) is 5.75 Å². The summed E-state index contributed by atoms with van der Waals surface area (Å²) in [5.74, 6) is 0.686. The first-order valence-electron chi connectivity index (χ1n) is 8.71. The highest BCUT2D eigenvalue weighted by molar-refractivity contribution is 5.98. The molecule has 1 aromatic carbocycles. The lowest BCUT2D eigenvalue weighted by Crippen LogP contribution is -2.57. The van der Waals surface area contributed by atoms with Crippen molar-refractivity contribution in [3.05, 3.63) is 54.4 Å². The van der Waals surface area contributed by atoms with Crippen LogP contribution in [0.2, 0.25) is 0 Å². The fourth-order valence-corrected chi connectivity index (χ4v) is 3.14. The highest BCUT2D eigenvalue weighted by atomic mass is 16.5. The maximum Gasteiger partial charge on any atom is 0.246 e. The first-order chi connectivity index (χ1) is 12.6. The third kappa shape index (κ3) is 4.02. The molecule has 0 saturated carbocycles. The first kappa shape index (κ1) is 17.9. The molecule has 2 heterocycles. The molecule has 2 aromatic rings. The van der Waals surface area contributed by atoms with Gasteiger partial charge in [0.1, 0.15) is 12.3 Å². The summed E-state index contributed by atoms with van der Waals surface area (Å²) in [5.41, 5.74) is 1.85. The van der Waals surface area contributed by atoms with E-state index in [2.05, 4.69) is 4.98 Å². The second kappa shape index (κ2) is 7.99. The van der Waals surface area contributed by atoms with Crippen molar-refractivity contribution in [3.63, 3.8) is 0 Å². The predicted molar refractivity (Wildman–Crippen MR) is 99.1 cm³/mol. The van der Waals surface area contributed by atoms with Crippen molar-refractivity contribution in [2.24, 2.45) is 0 Å². The number of carbonyl (C=O) groups is 2. The molecule has 136 valence electrons. The number of aromatic nitrogens is 1. The SMILES string of the molecule is COc1ccc(N2C[C@@H](C)N(C(=O)CCc3cccnc3)CC2=O)cc1. The van der Waals surface area contributed by atoms with Crippen LogP contribution in [0, 0.1) is 0 Å². The van der Waals surface area contributed by atoms with Crippen LogP contribution in [-0.4, -0.2) is 47.9 Å². The Hall–Kier alpha value is -2.89. The Morgan fingerprint density at radius 2 is 2.04 bits per heavy atom. The molecule has 2 amide bonds. The molecule has 26 heavy (non-hydrogen) atoms. The molecule has 0 N–H and O–H groups in total. The van der Waals surface area contributed by atoms with Crippen molar-refractivity contribution in [1.29, 1.82) is 0 Å². The molecule has 1 aliphatic rings. The number of piperazine rings is 1. The number of carbonyl (C=O) groups excluding carboxylic acids is 2. The average Bonchev–Trinajstić information content (AvgIpc) is 2.68. The number of rotatable bonds is 5.